The topological polar surface area (TPSA) is 97.1 Å². The van der Waals surface area contributed by atoms with E-state index in [-0.39, 0.29) is 21.8 Å². The van der Waals surface area contributed by atoms with E-state index in [4.69, 9.17) is 17.4 Å². The van der Waals surface area contributed by atoms with Gasteiger partial charge in [-0.3, -0.25) is 0 Å². The van der Waals surface area contributed by atoms with Gasteiger partial charge in [0, 0.05) is 12.2 Å². The maximum Gasteiger partial charge on any atom is 0.242 e. The van der Waals surface area contributed by atoms with Gasteiger partial charge in [0.15, 0.2) is 5.82 Å². The van der Waals surface area contributed by atoms with Crippen LogP contribution in [0.1, 0.15) is 19.8 Å². The average Bonchev–Trinajstić information content (AvgIpc) is 2.26. The first-order valence-electron chi connectivity index (χ1n) is 5.57. The van der Waals surface area contributed by atoms with Gasteiger partial charge < -0.3 is 5.43 Å². The fraction of sp³-hybridized carbons (Fsp3) is 0.500. The zero-order valence-corrected chi connectivity index (χ0v) is 11.4. The predicted molar refractivity (Wildman–Crippen MR) is 69.6 cm³/mol. The third-order valence-electron chi connectivity index (χ3n) is 2.96. The van der Waals surface area contributed by atoms with Crippen molar-refractivity contribution >= 4 is 27.4 Å². The highest BCUT2D eigenvalue weighted by atomic mass is 35.5. The number of anilines is 1. The van der Waals surface area contributed by atoms with E-state index in [2.05, 4.69) is 22.1 Å². The Morgan fingerprint density at radius 3 is 2.67 bits per heavy atom. The summed E-state index contributed by atoms with van der Waals surface area (Å²) in [4.78, 5) is 3.89. The molecule has 1 saturated carbocycles. The number of halogens is 1. The number of nitrogens with two attached hydrogens (primary N) is 1. The maximum atomic E-state index is 12.0. The largest absolute Gasteiger partial charge is 0.307 e. The van der Waals surface area contributed by atoms with Gasteiger partial charge in [-0.2, -0.15) is 0 Å². The Balaban J connectivity index is 2.16. The normalized spacial score (nSPS) is 23.5. The second kappa shape index (κ2) is 5.00. The van der Waals surface area contributed by atoms with Gasteiger partial charge in [-0.25, -0.2) is 24.0 Å². The molecule has 0 unspecified atom stereocenters. The van der Waals surface area contributed by atoms with Crippen LogP contribution >= 0.6 is 11.6 Å². The Bertz CT molecular complexity index is 543. The number of hydrazine groups is 1. The van der Waals surface area contributed by atoms with Crippen molar-refractivity contribution in [3.63, 3.8) is 0 Å². The van der Waals surface area contributed by atoms with Crippen molar-refractivity contribution in [2.45, 2.75) is 30.7 Å². The molecule has 1 fully saturated rings. The predicted octanol–water partition coefficient (Wildman–Crippen LogP) is 1.10. The number of pyridine rings is 1. The molecule has 0 amide bonds. The molecule has 2 rings (SSSR count). The smallest absolute Gasteiger partial charge is 0.242 e. The van der Waals surface area contributed by atoms with Crippen molar-refractivity contribution in [2.75, 3.05) is 5.43 Å². The molecule has 1 aliphatic rings. The van der Waals surface area contributed by atoms with Crippen LogP contribution in [0.5, 0.6) is 0 Å². The van der Waals surface area contributed by atoms with Crippen LogP contribution in [0.4, 0.5) is 5.82 Å². The molecule has 1 aromatic heterocycles. The van der Waals surface area contributed by atoms with Crippen LogP contribution in [0.15, 0.2) is 17.2 Å². The molecular weight excluding hydrogens is 276 g/mol. The van der Waals surface area contributed by atoms with Crippen molar-refractivity contribution in [3.8, 4) is 0 Å². The minimum Gasteiger partial charge on any atom is -0.307 e. The van der Waals surface area contributed by atoms with Crippen molar-refractivity contribution in [2.24, 2.45) is 11.8 Å². The molecule has 0 spiro atoms. The first kappa shape index (κ1) is 13.5. The highest BCUT2D eigenvalue weighted by Crippen LogP contribution is 2.28. The highest BCUT2D eigenvalue weighted by Gasteiger charge is 2.30. The fourth-order valence-corrected chi connectivity index (χ4v) is 3.48. The van der Waals surface area contributed by atoms with E-state index >= 15 is 0 Å². The summed E-state index contributed by atoms with van der Waals surface area (Å²) in [6.07, 6.45) is 2.96. The molecule has 0 bridgehead atoms. The van der Waals surface area contributed by atoms with E-state index < -0.39 is 10.0 Å². The van der Waals surface area contributed by atoms with Gasteiger partial charge in [0.05, 0.1) is 5.02 Å². The Morgan fingerprint density at radius 1 is 1.50 bits per heavy atom. The Hall–Kier alpha value is -0.890. The van der Waals surface area contributed by atoms with Crippen LogP contribution in [-0.4, -0.2) is 19.4 Å². The molecule has 8 heteroatoms. The summed E-state index contributed by atoms with van der Waals surface area (Å²) in [5, 5.41) is 0.169. The monoisotopic (exact) mass is 290 g/mol. The molecule has 18 heavy (non-hydrogen) atoms. The highest BCUT2D eigenvalue weighted by molar-refractivity contribution is 7.89. The van der Waals surface area contributed by atoms with Crippen LogP contribution in [0.25, 0.3) is 0 Å². The quantitative estimate of drug-likeness (QED) is 0.570. The van der Waals surface area contributed by atoms with Gasteiger partial charge in [0.25, 0.3) is 0 Å². The lowest BCUT2D eigenvalue weighted by atomic mass is 9.83. The number of hydrogen-bond donors (Lipinski definition) is 3. The molecule has 0 radical (unpaired) electrons. The standard InChI is InChI=1S/C10H15ClN4O2S/c1-6-2-7(3-6)15-18(16,17)8-4-9(11)10(14-12)13-5-8/h4-7,15H,2-3,12H2,1H3,(H,13,14). The minimum atomic E-state index is -3.56. The van der Waals surface area contributed by atoms with E-state index in [1.54, 1.807) is 0 Å². The second-order valence-electron chi connectivity index (χ2n) is 4.54. The Morgan fingerprint density at radius 2 is 2.17 bits per heavy atom. The third-order valence-corrected chi connectivity index (χ3v) is 4.73. The van der Waals surface area contributed by atoms with Gasteiger partial charge in [-0.1, -0.05) is 18.5 Å². The summed E-state index contributed by atoms with van der Waals surface area (Å²) in [5.74, 6) is 5.99. The lowest BCUT2D eigenvalue weighted by molar-refractivity contribution is 0.270. The van der Waals surface area contributed by atoms with Crippen molar-refractivity contribution in [3.05, 3.63) is 17.3 Å². The van der Waals surface area contributed by atoms with E-state index in [1.165, 1.54) is 12.3 Å². The van der Waals surface area contributed by atoms with Crippen LogP contribution in [-0.2, 0) is 10.0 Å². The lowest BCUT2D eigenvalue weighted by Gasteiger charge is -2.32. The summed E-state index contributed by atoms with van der Waals surface area (Å²) in [6, 6.07) is 1.34. The molecule has 1 aliphatic carbocycles. The summed E-state index contributed by atoms with van der Waals surface area (Å²) < 4.78 is 26.7. The van der Waals surface area contributed by atoms with E-state index in [1.807, 2.05) is 0 Å². The number of nitrogen functional groups attached to an aromatic ring is 1. The van der Waals surface area contributed by atoms with Gasteiger partial charge in [-0.15, -0.1) is 0 Å². The SMILES string of the molecule is CC1CC(NS(=O)(=O)c2cnc(NN)c(Cl)c2)C1. The minimum absolute atomic E-state index is 0.0103. The molecule has 1 heterocycles. The number of nitrogens with zero attached hydrogens (tertiary/aromatic N) is 1. The Labute approximate surface area is 111 Å². The second-order valence-corrected chi connectivity index (χ2v) is 6.66. The number of hydrogen-bond acceptors (Lipinski definition) is 5. The van der Waals surface area contributed by atoms with Crippen LogP contribution in [0, 0.1) is 5.92 Å². The number of sulfonamides is 1. The summed E-state index contributed by atoms with van der Waals surface area (Å²) in [7, 11) is -3.56. The van der Waals surface area contributed by atoms with Crippen molar-refractivity contribution in [1.82, 2.24) is 9.71 Å². The van der Waals surface area contributed by atoms with E-state index in [9.17, 15) is 8.42 Å². The summed E-state index contributed by atoms with van der Waals surface area (Å²) in [6.45, 7) is 2.09. The summed E-state index contributed by atoms with van der Waals surface area (Å²) in [5.41, 5.74) is 2.28. The fourth-order valence-electron chi connectivity index (χ4n) is 1.96. The molecule has 0 saturated heterocycles. The van der Waals surface area contributed by atoms with Crippen LogP contribution < -0.4 is 16.0 Å². The van der Waals surface area contributed by atoms with Crippen molar-refractivity contribution < 1.29 is 8.42 Å². The number of rotatable bonds is 4. The molecule has 4 N–H and O–H groups in total. The van der Waals surface area contributed by atoms with Gasteiger partial charge in [-0.05, 0) is 24.8 Å². The number of aromatic nitrogens is 1. The van der Waals surface area contributed by atoms with Gasteiger partial charge >= 0.3 is 0 Å². The molecular formula is C10H15ClN4O2S. The van der Waals surface area contributed by atoms with Crippen LogP contribution in [0.2, 0.25) is 5.02 Å². The van der Waals surface area contributed by atoms with E-state index in [0.717, 1.165) is 12.8 Å². The molecule has 1 aromatic rings. The van der Waals surface area contributed by atoms with Crippen molar-refractivity contribution in [1.29, 1.82) is 0 Å². The van der Waals surface area contributed by atoms with Crippen LogP contribution in [0.3, 0.4) is 0 Å². The maximum absolute atomic E-state index is 12.0. The zero-order valence-electron chi connectivity index (χ0n) is 9.85. The molecule has 0 atom stereocenters. The van der Waals surface area contributed by atoms with E-state index in [0.29, 0.717) is 5.92 Å². The summed E-state index contributed by atoms with van der Waals surface area (Å²) >= 11 is 5.85. The molecule has 0 aromatic carbocycles. The third kappa shape index (κ3) is 2.74. The Kier molecular flexibility index (Phi) is 3.76. The lowest BCUT2D eigenvalue weighted by Crippen LogP contribution is -2.43. The first-order valence-corrected chi connectivity index (χ1v) is 7.43. The average molecular weight is 291 g/mol. The number of nitrogens with one attached hydrogen (secondary N) is 2. The molecule has 6 nitrogen and oxygen atoms in total. The first-order chi connectivity index (χ1) is 8.42. The van der Waals surface area contributed by atoms with Gasteiger partial charge in [0.2, 0.25) is 10.0 Å². The van der Waals surface area contributed by atoms with Gasteiger partial charge in [0.1, 0.15) is 4.90 Å². The molecule has 100 valence electrons. The zero-order chi connectivity index (χ0) is 13.3. The molecule has 0 aliphatic heterocycles.